The highest BCUT2D eigenvalue weighted by molar-refractivity contribution is 7.88. The molecule has 0 radical (unpaired) electrons. The topological polar surface area (TPSA) is 66.5 Å². The maximum absolute atomic E-state index is 13.1. The molecular formula is C13H16F2N2O3S. The highest BCUT2D eigenvalue weighted by Gasteiger charge is 2.27. The van der Waals surface area contributed by atoms with Crippen molar-refractivity contribution in [2.24, 2.45) is 0 Å². The van der Waals surface area contributed by atoms with Crippen molar-refractivity contribution in [1.29, 1.82) is 0 Å². The molecule has 1 aromatic rings. The van der Waals surface area contributed by atoms with Gasteiger partial charge < -0.3 is 5.32 Å². The summed E-state index contributed by atoms with van der Waals surface area (Å²) in [7, 11) is -3.31. The molecule has 0 spiro atoms. The van der Waals surface area contributed by atoms with Gasteiger partial charge in [-0.3, -0.25) is 4.79 Å². The lowest BCUT2D eigenvalue weighted by molar-refractivity contribution is 0.0920. The summed E-state index contributed by atoms with van der Waals surface area (Å²) in [5.74, 6) is -2.28. The fourth-order valence-corrected chi connectivity index (χ4v) is 3.23. The first-order valence-corrected chi connectivity index (χ1v) is 8.32. The van der Waals surface area contributed by atoms with Crippen LogP contribution in [0, 0.1) is 11.6 Å². The van der Waals surface area contributed by atoms with E-state index in [2.05, 4.69) is 5.32 Å². The molecule has 2 rings (SSSR count). The molecule has 1 aliphatic heterocycles. The minimum absolute atomic E-state index is 0.121. The van der Waals surface area contributed by atoms with E-state index in [1.165, 1.54) is 4.31 Å². The zero-order valence-corrected chi connectivity index (χ0v) is 12.3. The average Bonchev–Trinajstić information content (AvgIpc) is 2.37. The van der Waals surface area contributed by atoms with Crippen molar-refractivity contribution < 1.29 is 22.0 Å². The van der Waals surface area contributed by atoms with Gasteiger partial charge >= 0.3 is 0 Å². The van der Waals surface area contributed by atoms with E-state index in [9.17, 15) is 22.0 Å². The summed E-state index contributed by atoms with van der Waals surface area (Å²) >= 11 is 0. The van der Waals surface area contributed by atoms with E-state index >= 15 is 0 Å². The Morgan fingerprint density at radius 3 is 2.48 bits per heavy atom. The molecule has 0 aliphatic carbocycles. The van der Waals surface area contributed by atoms with Gasteiger partial charge in [-0.25, -0.2) is 21.5 Å². The number of nitrogens with one attached hydrogen (secondary N) is 1. The molecule has 1 amide bonds. The van der Waals surface area contributed by atoms with Crippen LogP contribution in [0.1, 0.15) is 23.2 Å². The molecular weight excluding hydrogens is 302 g/mol. The number of amides is 1. The SMILES string of the molecule is CS(=O)(=O)N1CCCC(NC(=O)c2cc(F)cc(F)c2)C1. The Labute approximate surface area is 122 Å². The van der Waals surface area contributed by atoms with Crippen molar-refractivity contribution >= 4 is 15.9 Å². The number of sulfonamides is 1. The molecule has 1 aliphatic rings. The molecule has 0 saturated carbocycles. The predicted octanol–water partition coefficient (Wildman–Crippen LogP) is 1.12. The van der Waals surface area contributed by atoms with Crippen LogP contribution in [0.15, 0.2) is 18.2 Å². The smallest absolute Gasteiger partial charge is 0.251 e. The van der Waals surface area contributed by atoms with Gasteiger partial charge in [0.15, 0.2) is 0 Å². The molecule has 1 unspecified atom stereocenters. The predicted molar refractivity (Wildman–Crippen MR) is 73.3 cm³/mol. The number of carbonyl (C=O) groups is 1. The van der Waals surface area contributed by atoms with Crippen molar-refractivity contribution in [2.45, 2.75) is 18.9 Å². The van der Waals surface area contributed by atoms with Crippen molar-refractivity contribution in [3.63, 3.8) is 0 Å². The van der Waals surface area contributed by atoms with Crippen LogP contribution in [-0.2, 0) is 10.0 Å². The second-order valence-corrected chi connectivity index (χ2v) is 7.07. The summed E-state index contributed by atoms with van der Waals surface area (Å²) in [5, 5.41) is 2.61. The first-order valence-electron chi connectivity index (χ1n) is 6.48. The number of nitrogens with zero attached hydrogens (tertiary/aromatic N) is 1. The number of halogens is 2. The maximum atomic E-state index is 13.1. The van der Waals surface area contributed by atoms with E-state index in [0.29, 0.717) is 25.5 Å². The highest BCUT2D eigenvalue weighted by atomic mass is 32.2. The third-order valence-electron chi connectivity index (χ3n) is 3.31. The lowest BCUT2D eigenvalue weighted by atomic mass is 10.1. The molecule has 5 nitrogen and oxygen atoms in total. The van der Waals surface area contributed by atoms with Gasteiger partial charge in [0, 0.05) is 30.8 Å². The Bertz CT molecular complexity index is 629. The standard InChI is InChI=1S/C13H16F2N2O3S/c1-21(19,20)17-4-2-3-12(8-17)16-13(18)9-5-10(14)7-11(15)6-9/h5-7,12H,2-4,8H2,1H3,(H,16,18). The Hall–Kier alpha value is -1.54. The van der Waals surface area contributed by atoms with E-state index in [4.69, 9.17) is 0 Å². The molecule has 1 fully saturated rings. The van der Waals surface area contributed by atoms with Crippen molar-refractivity contribution in [2.75, 3.05) is 19.3 Å². The van der Waals surface area contributed by atoms with Gasteiger partial charge in [0.1, 0.15) is 11.6 Å². The number of rotatable bonds is 3. The summed E-state index contributed by atoms with van der Waals surface area (Å²) in [6, 6.07) is 2.20. The zero-order chi connectivity index (χ0) is 15.6. The van der Waals surface area contributed by atoms with E-state index in [1.807, 2.05) is 0 Å². The lowest BCUT2D eigenvalue weighted by Gasteiger charge is -2.31. The summed E-state index contributed by atoms with van der Waals surface area (Å²) < 4.78 is 50.4. The van der Waals surface area contributed by atoms with Crippen LogP contribution in [0.4, 0.5) is 8.78 Å². The van der Waals surface area contributed by atoms with E-state index in [1.54, 1.807) is 0 Å². The Balaban J connectivity index is 2.05. The van der Waals surface area contributed by atoms with Crippen LogP contribution in [0.3, 0.4) is 0 Å². The second-order valence-electron chi connectivity index (χ2n) is 5.09. The number of piperidine rings is 1. The Morgan fingerprint density at radius 2 is 1.90 bits per heavy atom. The van der Waals surface area contributed by atoms with Gasteiger partial charge in [-0.15, -0.1) is 0 Å². The van der Waals surface area contributed by atoms with Crippen LogP contribution in [0.2, 0.25) is 0 Å². The quantitative estimate of drug-likeness (QED) is 0.908. The van der Waals surface area contributed by atoms with Gasteiger partial charge in [-0.2, -0.15) is 0 Å². The van der Waals surface area contributed by atoms with E-state index < -0.39 is 27.6 Å². The largest absolute Gasteiger partial charge is 0.348 e. The Kier molecular flexibility index (Phi) is 4.58. The molecule has 0 bridgehead atoms. The molecule has 1 aromatic carbocycles. The fraction of sp³-hybridized carbons (Fsp3) is 0.462. The van der Waals surface area contributed by atoms with Crippen LogP contribution in [-0.4, -0.2) is 44.0 Å². The van der Waals surface area contributed by atoms with Crippen LogP contribution in [0.5, 0.6) is 0 Å². The molecule has 8 heteroatoms. The van der Waals surface area contributed by atoms with Gasteiger partial charge in [0.05, 0.1) is 6.26 Å². The molecule has 1 atom stereocenters. The average molecular weight is 318 g/mol. The van der Waals surface area contributed by atoms with E-state index in [-0.39, 0.29) is 18.2 Å². The molecule has 1 heterocycles. The molecule has 116 valence electrons. The molecule has 0 aromatic heterocycles. The highest BCUT2D eigenvalue weighted by Crippen LogP contribution is 2.14. The summed E-state index contributed by atoms with van der Waals surface area (Å²) in [6.45, 7) is 0.585. The van der Waals surface area contributed by atoms with Gasteiger partial charge in [-0.05, 0) is 25.0 Å². The lowest BCUT2D eigenvalue weighted by Crippen LogP contribution is -2.49. The molecule has 1 N–H and O–H groups in total. The second kappa shape index (κ2) is 6.07. The number of benzene rings is 1. The van der Waals surface area contributed by atoms with E-state index in [0.717, 1.165) is 18.4 Å². The number of hydrogen-bond donors (Lipinski definition) is 1. The summed E-state index contributed by atoms with van der Waals surface area (Å²) in [4.78, 5) is 12.0. The Morgan fingerprint density at radius 1 is 1.29 bits per heavy atom. The maximum Gasteiger partial charge on any atom is 0.251 e. The zero-order valence-electron chi connectivity index (χ0n) is 11.5. The fourth-order valence-electron chi connectivity index (χ4n) is 2.32. The van der Waals surface area contributed by atoms with Crippen LogP contribution >= 0.6 is 0 Å². The monoisotopic (exact) mass is 318 g/mol. The van der Waals surface area contributed by atoms with Crippen LogP contribution in [0.25, 0.3) is 0 Å². The van der Waals surface area contributed by atoms with Crippen molar-refractivity contribution in [1.82, 2.24) is 9.62 Å². The van der Waals surface area contributed by atoms with Crippen molar-refractivity contribution in [3.8, 4) is 0 Å². The van der Waals surface area contributed by atoms with Gasteiger partial charge in [0.25, 0.3) is 5.91 Å². The molecule has 21 heavy (non-hydrogen) atoms. The van der Waals surface area contributed by atoms with Gasteiger partial charge in [0.2, 0.25) is 10.0 Å². The third-order valence-corrected chi connectivity index (χ3v) is 4.58. The first kappa shape index (κ1) is 15.8. The summed E-state index contributed by atoms with van der Waals surface area (Å²) in [6.07, 6.45) is 2.35. The normalized spacial score (nSPS) is 20.2. The summed E-state index contributed by atoms with van der Waals surface area (Å²) in [5.41, 5.74) is -0.121. The minimum Gasteiger partial charge on any atom is -0.348 e. The third kappa shape index (κ3) is 4.21. The van der Waals surface area contributed by atoms with Crippen molar-refractivity contribution in [3.05, 3.63) is 35.4 Å². The number of carbonyl (C=O) groups excluding carboxylic acids is 1. The molecule has 1 saturated heterocycles. The number of hydrogen-bond acceptors (Lipinski definition) is 3. The minimum atomic E-state index is -3.31. The first-order chi connectivity index (χ1) is 9.75. The van der Waals surface area contributed by atoms with Gasteiger partial charge in [-0.1, -0.05) is 0 Å². The van der Waals surface area contributed by atoms with Crippen LogP contribution < -0.4 is 5.32 Å².